The lowest BCUT2D eigenvalue weighted by molar-refractivity contribution is -0.385. The van der Waals surface area contributed by atoms with Crippen LogP contribution in [0.15, 0.2) is 59.4 Å². The number of amides is 1. The van der Waals surface area contributed by atoms with Crippen LogP contribution in [0.5, 0.6) is 5.75 Å². The Labute approximate surface area is 231 Å². The third-order valence-electron chi connectivity index (χ3n) is 6.52. The van der Waals surface area contributed by atoms with Crippen LogP contribution in [0.25, 0.3) is 22.0 Å². The van der Waals surface area contributed by atoms with Crippen molar-refractivity contribution in [1.82, 2.24) is 14.9 Å². The number of H-pyrrole nitrogens is 1. The van der Waals surface area contributed by atoms with Gasteiger partial charge in [-0.1, -0.05) is 18.2 Å². The van der Waals surface area contributed by atoms with Crippen molar-refractivity contribution in [2.75, 3.05) is 26.5 Å². The Kier molecular flexibility index (Phi) is 7.99. The number of methoxy groups -OCH3 is 1. The number of carbonyl (C=O) groups excluding carboxylic acids is 1. The number of halogens is 3. The average molecular weight is 570 g/mol. The molecule has 4 aromatic rings. The molecule has 2 N–H and O–H groups in total. The van der Waals surface area contributed by atoms with Crippen LogP contribution >= 0.6 is 0 Å². The highest BCUT2D eigenvalue weighted by Gasteiger charge is 2.33. The minimum atomic E-state index is -4.79. The van der Waals surface area contributed by atoms with Crippen molar-refractivity contribution in [2.24, 2.45) is 0 Å². The lowest BCUT2D eigenvalue weighted by Crippen LogP contribution is -2.23. The molecule has 0 bridgehead atoms. The number of fused-ring (bicyclic) bond motifs is 1. The zero-order chi connectivity index (χ0) is 30.1. The van der Waals surface area contributed by atoms with Crippen LogP contribution in [-0.2, 0) is 17.4 Å². The van der Waals surface area contributed by atoms with E-state index in [9.17, 15) is 32.9 Å². The zero-order valence-corrected chi connectivity index (χ0v) is 22.5. The van der Waals surface area contributed by atoms with E-state index in [0.717, 1.165) is 17.7 Å². The molecule has 0 fully saturated rings. The molecule has 1 aromatic heterocycles. The van der Waals surface area contributed by atoms with Gasteiger partial charge in [-0.3, -0.25) is 14.9 Å². The van der Waals surface area contributed by atoms with Gasteiger partial charge in [-0.05, 0) is 47.9 Å². The summed E-state index contributed by atoms with van der Waals surface area (Å²) in [4.78, 5) is 43.0. The minimum absolute atomic E-state index is 0.00879. The Morgan fingerprint density at radius 1 is 1.12 bits per heavy atom. The van der Waals surface area contributed by atoms with Crippen LogP contribution < -0.4 is 15.7 Å². The van der Waals surface area contributed by atoms with E-state index in [-0.39, 0.29) is 23.7 Å². The monoisotopic (exact) mass is 569 g/mol. The maximum absolute atomic E-state index is 13.4. The first-order chi connectivity index (χ1) is 19.3. The van der Waals surface area contributed by atoms with Crippen molar-refractivity contribution in [3.63, 3.8) is 0 Å². The zero-order valence-electron chi connectivity index (χ0n) is 22.5. The number of non-ortho nitro benzene ring substituents is 1. The van der Waals surface area contributed by atoms with E-state index in [0.29, 0.717) is 33.8 Å². The molecule has 0 aliphatic heterocycles. The van der Waals surface area contributed by atoms with Gasteiger partial charge in [0.15, 0.2) is 0 Å². The number of alkyl halides is 3. The Balaban J connectivity index is 1.74. The van der Waals surface area contributed by atoms with Crippen LogP contribution in [-0.4, -0.2) is 46.9 Å². The fourth-order valence-electron chi connectivity index (χ4n) is 4.28. The number of rotatable bonds is 8. The van der Waals surface area contributed by atoms with E-state index in [4.69, 9.17) is 4.74 Å². The third-order valence-corrected chi connectivity index (χ3v) is 6.52. The first-order valence-corrected chi connectivity index (χ1v) is 12.3. The van der Waals surface area contributed by atoms with Gasteiger partial charge in [0.2, 0.25) is 5.91 Å². The van der Waals surface area contributed by atoms with Gasteiger partial charge in [-0.15, -0.1) is 0 Å². The first kappa shape index (κ1) is 29.1. The molecule has 1 atom stereocenters. The van der Waals surface area contributed by atoms with Crippen molar-refractivity contribution >= 4 is 28.3 Å². The number of carbonyl (C=O) groups is 1. The first-order valence-electron chi connectivity index (χ1n) is 12.3. The van der Waals surface area contributed by atoms with Gasteiger partial charge in [0.1, 0.15) is 11.6 Å². The molecular weight excluding hydrogens is 543 g/mol. The summed E-state index contributed by atoms with van der Waals surface area (Å²) in [6, 6.07) is 12.0. The molecule has 0 aliphatic rings. The number of ether oxygens (including phenoxy) is 1. The molecule has 1 heterocycles. The molecule has 0 saturated carbocycles. The molecule has 4 rings (SSSR count). The number of nitrogens with zero attached hydrogens (tertiary/aromatic N) is 3. The summed E-state index contributed by atoms with van der Waals surface area (Å²) in [5, 5.41) is 14.7. The molecule has 1 amide bonds. The fraction of sp³-hybridized carbons (Fsp3) is 0.250. The number of benzene rings is 3. The molecule has 0 saturated heterocycles. The van der Waals surface area contributed by atoms with Crippen LogP contribution in [0, 0.1) is 10.1 Å². The van der Waals surface area contributed by atoms with Gasteiger partial charge in [-0.2, -0.15) is 18.2 Å². The van der Waals surface area contributed by atoms with E-state index in [2.05, 4.69) is 15.3 Å². The topological polar surface area (TPSA) is 130 Å². The number of aromatic nitrogens is 2. The summed E-state index contributed by atoms with van der Waals surface area (Å²) >= 11 is 0. The second-order valence-corrected chi connectivity index (χ2v) is 9.58. The Hall–Kier alpha value is -4.94. The Morgan fingerprint density at radius 2 is 1.80 bits per heavy atom. The van der Waals surface area contributed by atoms with Gasteiger partial charge < -0.3 is 19.9 Å². The molecule has 0 unspecified atom stereocenters. The summed E-state index contributed by atoms with van der Waals surface area (Å²) < 4.78 is 45.8. The minimum Gasteiger partial charge on any atom is -0.496 e. The van der Waals surface area contributed by atoms with Crippen LogP contribution in [0.1, 0.15) is 29.7 Å². The smallest absolute Gasteiger partial charge is 0.416 e. The highest BCUT2D eigenvalue weighted by Crippen LogP contribution is 2.36. The number of nitro groups is 1. The van der Waals surface area contributed by atoms with Crippen molar-refractivity contribution in [3.05, 3.63) is 91.9 Å². The highest BCUT2D eigenvalue weighted by atomic mass is 19.4. The van der Waals surface area contributed by atoms with Crippen LogP contribution in [0.4, 0.5) is 24.7 Å². The van der Waals surface area contributed by atoms with Crippen LogP contribution in [0.3, 0.4) is 0 Å². The van der Waals surface area contributed by atoms with Gasteiger partial charge in [0.05, 0.1) is 35.6 Å². The van der Waals surface area contributed by atoms with E-state index < -0.39 is 34.1 Å². The molecule has 10 nitrogen and oxygen atoms in total. The molecule has 0 spiro atoms. The predicted octanol–water partition coefficient (Wildman–Crippen LogP) is 5.33. The van der Waals surface area contributed by atoms with Crippen molar-refractivity contribution in [1.29, 1.82) is 0 Å². The third kappa shape index (κ3) is 6.45. The molecule has 0 aliphatic carbocycles. The summed E-state index contributed by atoms with van der Waals surface area (Å²) in [6.45, 7) is 1.51. The van der Waals surface area contributed by atoms with Gasteiger partial charge in [-0.25, -0.2) is 4.79 Å². The molecule has 13 heteroatoms. The number of anilines is 1. The molecule has 41 heavy (non-hydrogen) atoms. The lowest BCUT2D eigenvalue weighted by atomic mass is 9.99. The van der Waals surface area contributed by atoms with E-state index >= 15 is 0 Å². The lowest BCUT2D eigenvalue weighted by Gasteiger charge is -2.18. The number of likely N-dealkylation sites (N-methyl/N-ethyl adjacent to an activating group) is 1. The van der Waals surface area contributed by atoms with E-state index in [1.165, 1.54) is 18.9 Å². The van der Waals surface area contributed by atoms with Gasteiger partial charge in [0.25, 0.3) is 5.69 Å². The summed E-state index contributed by atoms with van der Waals surface area (Å²) in [5.74, 6) is 0.501. The SMILES string of the molecule is COc1cc(-c2ccc3[nH]c(=O)nc(N[C@H](C)c4cc([N+](=O)[O-])cc(C(F)(F)F)c4)c3c2)ccc1CC(=O)N(C)C. The number of aromatic amines is 1. The summed E-state index contributed by atoms with van der Waals surface area (Å²) in [7, 11) is 4.83. The van der Waals surface area contributed by atoms with Crippen LogP contribution in [0.2, 0.25) is 0 Å². The number of hydrogen-bond acceptors (Lipinski definition) is 7. The van der Waals surface area contributed by atoms with Gasteiger partial charge >= 0.3 is 11.9 Å². The molecule has 3 aromatic carbocycles. The number of nitrogens with one attached hydrogen (secondary N) is 2. The normalized spacial score (nSPS) is 12.2. The second-order valence-electron chi connectivity index (χ2n) is 9.58. The second kappa shape index (κ2) is 11.3. The molecule has 214 valence electrons. The predicted molar refractivity (Wildman–Crippen MR) is 147 cm³/mol. The van der Waals surface area contributed by atoms with Gasteiger partial charge in [0, 0.05) is 37.2 Å². The summed E-state index contributed by atoms with van der Waals surface area (Å²) in [6.07, 6.45) is -4.64. The fourth-order valence-corrected chi connectivity index (χ4v) is 4.28. The largest absolute Gasteiger partial charge is 0.496 e. The highest BCUT2D eigenvalue weighted by molar-refractivity contribution is 5.92. The standard InChI is InChI=1S/C28H26F3N5O5/c1-15(19-9-20(28(29,30)31)14-21(10-19)36(39)40)32-26-22-11-16(7-8-23(22)33-27(38)34-26)17-5-6-18(24(12-17)41-4)13-25(37)35(2)3/h5-12,14-15H,13H2,1-4H3,(H2,32,33,34,38)/t15-/m1/s1. The van der Waals surface area contributed by atoms with Crippen molar-refractivity contribution < 1.29 is 27.6 Å². The summed E-state index contributed by atoms with van der Waals surface area (Å²) in [5.41, 5.74) is -0.00181. The van der Waals surface area contributed by atoms with E-state index in [1.807, 2.05) is 6.07 Å². The molecular formula is C28H26F3N5O5. The Morgan fingerprint density at radius 3 is 2.44 bits per heavy atom. The quantitative estimate of drug-likeness (QED) is 0.217. The van der Waals surface area contributed by atoms with Crippen molar-refractivity contribution in [2.45, 2.75) is 25.6 Å². The maximum Gasteiger partial charge on any atom is 0.416 e. The Bertz CT molecular complexity index is 1700. The van der Waals surface area contributed by atoms with Crippen molar-refractivity contribution in [3.8, 4) is 16.9 Å². The number of hydrogen-bond donors (Lipinski definition) is 2. The number of nitro benzene ring substituents is 1. The van der Waals surface area contributed by atoms with E-state index in [1.54, 1.807) is 44.4 Å². The average Bonchev–Trinajstić information content (AvgIpc) is 2.92. The molecule has 0 radical (unpaired) electrons. The maximum atomic E-state index is 13.4.